The van der Waals surface area contributed by atoms with Crippen molar-refractivity contribution in [3.05, 3.63) is 29.3 Å². The Bertz CT molecular complexity index is 435. The largest absolute Gasteiger partial charge is 0.417 e. The molecule has 0 amide bonds. The highest BCUT2D eigenvalue weighted by atomic mass is 32.2. The number of hydrogen-bond donors (Lipinski definition) is 1. The maximum atomic E-state index is 13.1. The fourth-order valence-electron chi connectivity index (χ4n) is 1.70. The third kappa shape index (κ3) is 6.72. The molecule has 21 heavy (non-hydrogen) atoms. The fourth-order valence-corrected chi connectivity index (χ4v) is 2.71. The van der Waals surface area contributed by atoms with Crippen molar-refractivity contribution < 1.29 is 17.9 Å². The van der Waals surface area contributed by atoms with Crippen LogP contribution in [0.4, 0.5) is 13.2 Å². The monoisotopic (exact) mass is 321 g/mol. The molecule has 0 bridgehead atoms. The topological polar surface area (TPSA) is 21.3 Å². The van der Waals surface area contributed by atoms with Gasteiger partial charge in [0, 0.05) is 30.8 Å². The number of hydrogen-bond acceptors (Lipinski definition) is 3. The van der Waals surface area contributed by atoms with Crippen LogP contribution in [0.1, 0.15) is 25.0 Å². The van der Waals surface area contributed by atoms with Gasteiger partial charge >= 0.3 is 6.18 Å². The van der Waals surface area contributed by atoms with Gasteiger partial charge in [-0.05, 0) is 23.6 Å². The summed E-state index contributed by atoms with van der Waals surface area (Å²) in [6.07, 6.45) is -4.32. The zero-order chi connectivity index (χ0) is 15.9. The molecule has 0 heterocycles. The van der Waals surface area contributed by atoms with E-state index < -0.39 is 11.7 Å². The second kappa shape index (κ2) is 8.66. The molecule has 0 atom stereocenters. The van der Waals surface area contributed by atoms with Crippen molar-refractivity contribution in [2.75, 3.05) is 26.0 Å². The zero-order valence-corrected chi connectivity index (χ0v) is 13.4. The van der Waals surface area contributed by atoms with Gasteiger partial charge in [0.05, 0.1) is 12.2 Å². The normalized spacial score (nSPS) is 12.1. The minimum atomic E-state index is -4.32. The molecule has 0 saturated carbocycles. The summed E-state index contributed by atoms with van der Waals surface area (Å²) >= 11 is 1.26. The molecule has 2 nitrogen and oxygen atoms in total. The molecular formula is C15H22F3NOS. The lowest BCUT2D eigenvalue weighted by molar-refractivity contribution is -0.139. The Balaban J connectivity index is 2.81. The summed E-state index contributed by atoms with van der Waals surface area (Å²) in [6, 6.07) is 4.56. The van der Waals surface area contributed by atoms with Crippen molar-refractivity contribution >= 4 is 11.8 Å². The van der Waals surface area contributed by atoms with Gasteiger partial charge in [-0.15, -0.1) is 11.8 Å². The minimum absolute atomic E-state index is 0.303. The van der Waals surface area contributed by atoms with E-state index in [1.54, 1.807) is 19.2 Å². The molecule has 1 aromatic carbocycles. The number of halogens is 3. The minimum Gasteiger partial charge on any atom is -0.383 e. The first-order valence-electron chi connectivity index (χ1n) is 6.87. The highest BCUT2D eigenvalue weighted by molar-refractivity contribution is 7.99. The van der Waals surface area contributed by atoms with Crippen molar-refractivity contribution in [2.24, 2.45) is 5.92 Å². The first-order chi connectivity index (χ1) is 9.84. The number of rotatable bonds is 8. The Morgan fingerprint density at radius 1 is 1.29 bits per heavy atom. The van der Waals surface area contributed by atoms with Crippen molar-refractivity contribution in [3.63, 3.8) is 0 Å². The molecule has 6 heteroatoms. The van der Waals surface area contributed by atoms with Gasteiger partial charge in [-0.25, -0.2) is 0 Å². The highest BCUT2D eigenvalue weighted by Crippen LogP contribution is 2.37. The van der Waals surface area contributed by atoms with E-state index in [0.717, 1.165) is 0 Å². The standard InChI is InChI=1S/C15H22F3NOS/c1-11(2)10-21-14-5-4-12(9-19-6-7-20-3)8-13(14)15(16,17)18/h4-5,8,11,19H,6-7,9-10H2,1-3H3. The second-order valence-corrected chi connectivity index (χ2v) is 6.26. The van der Waals surface area contributed by atoms with E-state index in [4.69, 9.17) is 4.74 Å². The molecule has 0 aliphatic rings. The summed E-state index contributed by atoms with van der Waals surface area (Å²) in [4.78, 5) is 0.303. The van der Waals surface area contributed by atoms with Crippen LogP contribution in [-0.4, -0.2) is 26.0 Å². The summed E-state index contributed by atoms with van der Waals surface area (Å²) in [5.41, 5.74) is 0.0894. The molecule has 0 aliphatic carbocycles. The van der Waals surface area contributed by atoms with Crippen molar-refractivity contribution in [1.29, 1.82) is 0 Å². The van der Waals surface area contributed by atoms with Crippen molar-refractivity contribution in [2.45, 2.75) is 31.5 Å². The van der Waals surface area contributed by atoms with Gasteiger partial charge in [-0.1, -0.05) is 19.9 Å². The Hall–Kier alpha value is -0.720. The Kier molecular flexibility index (Phi) is 7.56. The summed E-state index contributed by atoms with van der Waals surface area (Å²) in [7, 11) is 1.59. The van der Waals surface area contributed by atoms with Gasteiger partial charge in [0.25, 0.3) is 0 Å². The lowest BCUT2D eigenvalue weighted by Gasteiger charge is -2.15. The molecule has 0 aromatic heterocycles. The van der Waals surface area contributed by atoms with Crippen LogP contribution in [0, 0.1) is 5.92 Å². The maximum Gasteiger partial charge on any atom is 0.417 e. The van der Waals surface area contributed by atoms with E-state index in [1.165, 1.54) is 17.8 Å². The molecule has 1 N–H and O–H groups in total. The van der Waals surface area contributed by atoms with Gasteiger partial charge in [0.2, 0.25) is 0 Å². The zero-order valence-electron chi connectivity index (χ0n) is 12.6. The third-order valence-electron chi connectivity index (χ3n) is 2.73. The number of benzene rings is 1. The smallest absolute Gasteiger partial charge is 0.383 e. The van der Waals surface area contributed by atoms with Crippen LogP contribution in [0.25, 0.3) is 0 Å². The molecular weight excluding hydrogens is 299 g/mol. The van der Waals surface area contributed by atoms with Crippen LogP contribution in [0.15, 0.2) is 23.1 Å². The molecule has 1 aromatic rings. The number of ether oxygens (including phenoxy) is 1. The fraction of sp³-hybridized carbons (Fsp3) is 0.600. The Labute approximate surface area is 128 Å². The average Bonchev–Trinajstić information content (AvgIpc) is 2.41. The van der Waals surface area contributed by atoms with Gasteiger partial charge in [-0.3, -0.25) is 0 Å². The van der Waals surface area contributed by atoms with Crippen molar-refractivity contribution in [3.8, 4) is 0 Å². The number of alkyl halides is 3. The molecule has 0 aliphatic heterocycles. The molecule has 0 saturated heterocycles. The average molecular weight is 321 g/mol. The molecule has 0 unspecified atom stereocenters. The van der Waals surface area contributed by atoms with E-state index in [0.29, 0.717) is 41.8 Å². The summed E-state index contributed by atoms with van der Waals surface area (Å²) in [5.74, 6) is 1.03. The predicted molar refractivity (Wildman–Crippen MR) is 80.6 cm³/mol. The highest BCUT2D eigenvalue weighted by Gasteiger charge is 2.33. The molecule has 0 radical (unpaired) electrons. The van der Waals surface area contributed by atoms with E-state index in [9.17, 15) is 13.2 Å². The number of methoxy groups -OCH3 is 1. The number of thioether (sulfide) groups is 1. The number of nitrogens with one attached hydrogen (secondary N) is 1. The van der Waals surface area contributed by atoms with Gasteiger partial charge < -0.3 is 10.1 Å². The van der Waals surface area contributed by atoms with Crippen LogP contribution in [-0.2, 0) is 17.5 Å². The molecule has 1 rings (SSSR count). The van der Waals surface area contributed by atoms with Crippen LogP contribution < -0.4 is 5.32 Å². The van der Waals surface area contributed by atoms with E-state index >= 15 is 0 Å². The lowest BCUT2D eigenvalue weighted by Crippen LogP contribution is -2.19. The quantitative estimate of drug-likeness (QED) is 0.573. The predicted octanol–water partition coefficient (Wildman–Crippen LogP) is 4.19. The second-order valence-electron chi connectivity index (χ2n) is 5.20. The summed E-state index contributed by atoms with van der Waals surface area (Å²) in [5, 5.41) is 3.05. The van der Waals surface area contributed by atoms with Gasteiger partial charge in [0.1, 0.15) is 0 Å². The van der Waals surface area contributed by atoms with Crippen LogP contribution in [0.5, 0.6) is 0 Å². The molecule has 0 spiro atoms. The maximum absolute atomic E-state index is 13.1. The Morgan fingerprint density at radius 3 is 2.57 bits per heavy atom. The van der Waals surface area contributed by atoms with Gasteiger partial charge in [-0.2, -0.15) is 13.2 Å². The van der Waals surface area contributed by atoms with E-state index in [2.05, 4.69) is 5.32 Å². The van der Waals surface area contributed by atoms with Crippen molar-refractivity contribution in [1.82, 2.24) is 5.32 Å². The first-order valence-corrected chi connectivity index (χ1v) is 7.85. The van der Waals surface area contributed by atoms with Gasteiger partial charge in [0.15, 0.2) is 0 Å². The summed E-state index contributed by atoms with van der Waals surface area (Å²) < 4.78 is 44.3. The third-order valence-corrected chi connectivity index (χ3v) is 4.23. The van der Waals surface area contributed by atoms with E-state index in [1.807, 2.05) is 13.8 Å². The van der Waals surface area contributed by atoms with E-state index in [-0.39, 0.29) is 0 Å². The first kappa shape index (κ1) is 18.3. The van der Waals surface area contributed by atoms with Crippen LogP contribution in [0.3, 0.4) is 0 Å². The van der Waals surface area contributed by atoms with Crippen LogP contribution >= 0.6 is 11.8 Å². The lowest BCUT2D eigenvalue weighted by atomic mass is 10.1. The summed E-state index contributed by atoms with van der Waals surface area (Å²) in [6.45, 7) is 5.54. The molecule has 0 fully saturated rings. The van der Waals surface area contributed by atoms with Crippen LogP contribution in [0.2, 0.25) is 0 Å². The SMILES string of the molecule is COCCNCc1ccc(SCC(C)C)c(C(F)(F)F)c1. The Morgan fingerprint density at radius 2 is 2.00 bits per heavy atom. The molecule has 120 valence electrons.